The van der Waals surface area contributed by atoms with E-state index in [0.29, 0.717) is 17.2 Å². The Balaban J connectivity index is 1.75. The minimum atomic E-state index is -0.196. The van der Waals surface area contributed by atoms with E-state index in [1.807, 2.05) is 6.08 Å². The van der Waals surface area contributed by atoms with Gasteiger partial charge in [0.15, 0.2) is 0 Å². The van der Waals surface area contributed by atoms with Crippen molar-refractivity contribution in [1.82, 2.24) is 25.3 Å². The van der Waals surface area contributed by atoms with Gasteiger partial charge in [-0.3, -0.25) is 9.69 Å². The van der Waals surface area contributed by atoms with E-state index in [4.69, 9.17) is 0 Å². The molecule has 1 aliphatic carbocycles. The summed E-state index contributed by atoms with van der Waals surface area (Å²) in [6.45, 7) is 9.49. The number of aromatic amines is 1. The van der Waals surface area contributed by atoms with Crippen molar-refractivity contribution in [3.8, 4) is 0 Å². The highest BCUT2D eigenvalue weighted by Crippen LogP contribution is 2.45. The number of hydrazone groups is 1. The van der Waals surface area contributed by atoms with Crippen LogP contribution >= 0.6 is 0 Å². The summed E-state index contributed by atoms with van der Waals surface area (Å²) >= 11 is 0. The summed E-state index contributed by atoms with van der Waals surface area (Å²) in [4.78, 5) is 26.5. The first-order chi connectivity index (χ1) is 13.6. The van der Waals surface area contributed by atoms with Crippen molar-refractivity contribution in [1.29, 1.82) is 0 Å². The van der Waals surface area contributed by atoms with Gasteiger partial charge in [0.05, 0.1) is 5.57 Å². The van der Waals surface area contributed by atoms with Gasteiger partial charge in [-0.25, -0.2) is 15.4 Å². The molecule has 2 aromatic rings. The molecular formula is C21H26N6O. The minimum Gasteiger partial charge on any atom is -0.359 e. The van der Waals surface area contributed by atoms with Crippen molar-refractivity contribution in [3.63, 3.8) is 0 Å². The Labute approximate surface area is 165 Å². The summed E-state index contributed by atoms with van der Waals surface area (Å²) in [5, 5.41) is 4.21. The molecule has 0 saturated heterocycles. The lowest BCUT2D eigenvalue weighted by Crippen LogP contribution is -2.22. The molecule has 1 saturated carbocycles. The molecule has 4 rings (SSSR count). The molecule has 28 heavy (non-hydrogen) atoms. The summed E-state index contributed by atoms with van der Waals surface area (Å²) in [6.07, 6.45) is 9.18. The van der Waals surface area contributed by atoms with E-state index in [2.05, 4.69) is 51.2 Å². The molecule has 1 amide bonds. The predicted molar refractivity (Wildman–Crippen MR) is 109 cm³/mol. The number of hydrogen-bond donors (Lipinski definition) is 2. The van der Waals surface area contributed by atoms with Gasteiger partial charge in [-0.1, -0.05) is 13.8 Å². The number of carbonyl (C=O) groups is 1. The van der Waals surface area contributed by atoms with E-state index < -0.39 is 0 Å². The van der Waals surface area contributed by atoms with E-state index >= 15 is 0 Å². The van der Waals surface area contributed by atoms with Crippen molar-refractivity contribution in [3.05, 3.63) is 52.4 Å². The van der Waals surface area contributed by atoms with Crippen LogP contribution in [0.25, 0.3) is 6.08 Å². The summed E-state index contributed by atoms with van der Waals surface area (Å²) < 4.78 is 0. The highest BCUT2D eigenvalue weighted by Gasteiger charge is 2.32. The third-order valence-electron chi connectivity index (χ3n) is 5.54. The van der Waals surface area contributed by atoms with Crippen LogP contribution in [-0.2, 0) is 11.3 Å². The first-order valence-electron chi connectivity index (χ1n) is 9.91. The summed E-state index contributed by atoms with van der Waals surface area (Å²) in [7, 11) is 0. The lowest BCUT2D eigenvalue weighted by Gasteiger charge is -2.19. The molecule has 0 aromatic carbocycles. The quantitative estimate of drug-likeness (QED) is 0.726. The maximum atomic E-state index is 12.5. The van der Waals surface area contributed by atoms with Gasteiger partial charge in [-0.15, -0.1) is 0 Å². The normalized spacial score (nSPS) is 18.1. The largest absolute Gasteiger partial charge is 0.359 e. The molecule has 1 fully saturated rings. The molecular weight excluding hydrogens is 352 g/mol. The lowest BCUT2D eigenvalue weighted by molar-refractivity contribution is -0.116. The Hall–Kier alpha value is -2.80. The van der Waals surface area contributed by atoms with Crippen LogP contribution in [0.2, 0.25) is 0 Å². The predicted octanol–water partition coefficient (Wildman–Crippen LogP) is 2.75. The zero-order valence-corrected chi connectivity index (χ0v) is 16.6. The van der Waals surface area contributed by atoms with Crippen LogP contribution < -0.4 is 5.43 Å². The Kier molecular flexibility index (Phi) is 5.09. The van der Waals surface area contributed by atoms with Crippen LogP contribution in [0.15, 0.2) is 29.4 Å². The van der Waals surface area contributed by atoms with E-state index in [1.165, 1.54) is 36.0 Å². The van der Waals surface area contributed by atoms with Crippen molar-refractivity contribution in [2.75, 3.05) is 13.1 Å². The Bertz CT molecular complexity index is 935. The fourth-order valence-electron chi connectivity index (χ4n) is 3.79. The summed E-state index contributed by atoms with van der Waals surface area (Å²) in [5.74, 6) is 0.380. The van der Waals surface area contributed by atoms with Crippen LogP contribution in [-0.4, -0.2) is 44.6 Å². The van der Waals surface area contributed by atoms with Crippen molar-refractivity contribution in [2.45, 2.75) is 46.1 Å². The molecule has 0 unspecified atom stereocenters. The molecule has 0 radical (unpaired) electrons. The van der Waals surface area contributed by atoms with E-state index in [0.717, 1.165) is 30.9 Å². The third kappa shape index (κ3) is 3.49. The number of H-pyrrole nitrogens is 1. The topological polar surface area (TPSA) is 86.3 Å². The maximum absolute atomic E-state index is 12.5. The second-order valence-electron chi connectivity index (χ2n) is 7.38. The highest BCUT2D eigenvalue weighted by molar-refractivity contribution is 6.33. The van der Waals surface area contributed by atoms with Crippen molar-refractivity contribution in [2.24, 2.45) is 5.10 Å². The molecule has 0 spiro atoms. The molecule has 2 N–H and O–H groups in total. The number of aromatic nitrogens is 3. The van der Waals surface area contributed by atoms with Gasteiger partial charge >= 0.3 is 0 Å². The number of rotatable bonds is 7. The Morgan fingerprint density at radius 2 is 1.93 bits per heavy atom. The fourth-order valence-corrected chi connectivity index (χ4v) is 3.79. The smallest absolute Gasteiger partial charge is 0.273 e. The molecule has 0 bridgehead atoms. The molecule has 2 aromatic heterocycles. The van der Waals surface area contributed by atoms with Gasteiger partial charge in [0.1, 0.15) is 12.0 Å². The summed E-state index contributed by atoms with van der Waals surface area (Å²) in [6, 6.07) is 0. The molecule has 146 valence electrons. The number of nitrogens with one attached hydrogen (secondary N) is 2. The molecule has 0 atom stereocenters. The van der Waals surface area contributed by atoms with Gasteiger partial charge < -0.3 is 4.98 Å². The molecule has 2 aliphatic rings. The number of hydrogen-bond acceptors (Lipinski definition) is 5. The van der Waals surface area contributed by atoms with Crippen molar-refractivity contribution >= 4 is 17.7 Å². The minimum absolute atomic E-state index is 0.196. The first kappa shape index (κ1) is 18.6. The first-order valence-corrected chi connectivity index (χ1v) is 9.91. The van der Waals surface area contributed by atoms with E-state index in [1.54, 1.807) is 12.4 Å². The fraction of sp³-hybridized carbons (Fsp3) is 0.429. The molecule has 7 nitrogen and oxygen atoms in total. The van der Waals surface area contributed by atoms with Crippen LogP contribution in [0, 0.1) is 6.92 Å². The van der Waals surface area contributed by atoms with Crippen LogP contribution in [0.3, 0.4) is 0 Å². The number of nitrogens with zero attached hydrogens (tertiary/aromatic N) is 4. The average Bonchev–Trinajstić information content (AvgIpc) is 3.42. The molecule has 3 heterocycles. The maximum Gasteiger partial charge on any atom is 0.273 e. The van der Waals surface area contributed by atoms with Gasteiger partial charge in [-0.2, -0.15) is 5.10 Å². The number of amides is 1. The van der Waals surface area contributed by atoms with Gasteiger partial charge in [0, 0.05) is 35.9 Å². The summed E-state index contributed by atoms with van der Waals surface area (Å²) in [5.41, 5.74) is 9.38. The van der Waals surface area contributed by atoms with E-state index in [-0.39, 0.29) is 5.91 Å². The Morgan fingerprint density at radius 3 is 2.57 bits per heavy atom. The van der Waals surface area contributed by atoms with Crippen LogP contribution in [0.4, 0.5) is 0 Å². The van der Waals surface area contributed by atoms with Crippen LogP contribution in [0.1, 0.15) is 60.7 Å². The molecule has 1 aliphatic heterocycles. The van der Waals surface area contributed by atoms with E-state index in [9.17, 15) is 4.79 Å². The van der Waals surface area contributed by atoms with Crippen molar-refractivity contribution < 1.29 is 4.79 Å². The second-order valence-corrected chi connectivity index (χ2v) is 7.38. The van der Waals surface area contributed by atoms with Crippen LogP contribution in [0.5, 0.6) is 0 Å². The lowest BCUT2D eigenvalue weighted by atomic mass is 9.99. The SMILES string of the molecule is CCN(CC)Cc1c(C)[nH]c(C=C2C(=O)NN=C2c2cncnc2)c1C1CC1. The highest BCUT2D eigenvalue weighted by atomic mass is 16.2. The molecule has 7 heteroatoms. The van der Waals surface area contributed by atoms with Gasteiger partial charge in [0.2, 0.25) is 0 Å². The van der Waals surface area contributed by atoms with Gasteiger partial charge in [0.25, 0.3) is 5.91 Å². The van der Waals surface area contributed by atoms with Gasteiger partial charge in [-0.05, 0) is 56.0 Å². The third-order valence-corrected chi connectivity index (χ3v) is 5.54. The Morgan fingerprint density at radius 1 is 1.21 bits per heavy atom. The zero-order valence-electron chi connectivity index (χ0n) is 16.6. The monoisotopic (exact) mass is 378 g/mol. The zero-order chi connectivity index (χ0) is 19.7. The number of aryl methyl sites for hydroxylation is 1. The standard InChI is InChI=1S/C21H26N6O/c1-4-27(5-2)11-17-13(3)24-18(19(17)14-6-7-14)8-16-20(25-26-21(16)28)15-9-22-12-23-10-15/h8-10,12,14,24H,4-7,11H2,1-3H3,(H,26,28). The average molecular weight is 378 g/mol. The second kappa shape index (κ2) is 7.67. The number of carbonyl (C=O) groups excluding carboxylic acids is 1.